The van der Waals surface area contributed by atoms with Gasteiger partial charge in [-0.1, -0.05) is 35.1 Å². The Morgan fingerprint density at radius 1 is 1.19 bits per heavy atom. The maximum Gasteiger partial charge on any atom is 0.227 e. The van der Waals surface area contributed by atoms with E-state index in [0.717, 1.165) is 44.8 Å². The Labute approximate surface area is 167 Å². The SMILES string of the molecule is COc1cccc(CC(=O)N2CCN(c3nc4ccc(Cl)cc4s3)CC2)c1. The summed E-state index contributed by atoms with van der Waals surface area (Å²) in [6, 6.07) is 13.4. The number of benzene rings is 2. The number of ether oxygens (including phenoxy) is 1. The van der Waals surface area contributed by atoms with E-state index in [-0.39, 0.29) is 5.91 Å². The Morgan fingerprint density at radius 3 is 2.78 bits per heavy atom. The number of amides is 1. The number of methoxy groups -OCH3 is 1. The monoisotopic (exact) mass is 401 g/mol. The van der Waals surface area contributed by atoms with Gasteiger partial charge in [0.05, 0.1) is 23.7 Å². The van der Waals surface area contributed by atoms with Crippen molar-refractivity contribution in [3.05, 3.63) is 53.1 Å². The fourth-order valence-corrected chi connectivity index (χ4v) is 4.53. The zero-order valence-corrected chi connectivity index (χ0v) is 16.6. The lowest BCUT2D eigenvalue weighted by Gasteiger charge is -2.34. The smallest absolute Gasteiger partial charge is 0.227 e. The van der Waals surface area contributed by atoms with Crippen molar-refractivity contribution in [2.45, 2.75) is 6.42 Å². The van der Waals surface area contributed by atoms with Crippen molar-refractivity contribution < 1.29 is 9.53 Å². The molecule has 3 aromatic rings. The number of halogens is 1. The number of fused-ring (bicyclic) bond motifs is 1. The molecule has 2 aromatic carbocycles. The topological polar surface area (TPSA) is 45.7 Å². The summed E-state index contributed by atoms with van der Waals surface area (Å²) in [7, 11) is 1.64. The van der Waals surface area contributed by atoms with Gasteiger partial charge in [-0.05, 0) is 35.9 Å². The van der Waals surface area contributed by atoms with Crippen LogP contribution in [0.2, 0.25) is 5.02 Å². The summed E-state index contributed by atoms with van der Waals surface area (Å²) in [6.07, 6.45) is 0.400. The van der Waals surface area contributed by atoms with Gasteiger partial charge in [-0.2, -0.15) is 0 Å². The molecule has 0 saturated carbocycles. The second-order valence-electron chi connectivity index (χ2n) is 6.50. The molecule has 0 aliphatic carbocycles. The Balaban J connectivity index is 1.38. The number of thiazole rings is 1. The number of piperazine rings is 1. The van der Waals surface area contributed by atoms with E-state index in [9.17, 15) is 4.79 Å². The van der Waals surface area contributed by atoms with Gasteiger partial charge >= 0.3 is 0 Å². The molecule has 1 aliphatic rings. The molecule has 0 bridgehead atoms. The highest BCUT2D eigenvalue weighted by Gasteiger charge is 2.23. The van der Waals surface area contributed by atoms with Crippen molar-refractivity contribution in [2.75, 3.05) is 38.2 Å². The summed E-state index contributed by atoms with van der Waals surface area (Å²) >= 11 is 7.71. The molecule has 0 N–H and O–H groups in total. The molecular formula is C20H20ClN3O2S. The van der Waals surface area contributed by atoms with E-state index in [0.29, 0.717) is 19.5 Å². The van der Waals surface area contributed by atoms with Crippen molar-refractivity contribution in [3.8, 4) is 5.75 Å². The molecule has 1 saturated heterocycles. The number of aromatic nitrogens is 1. The third-order valence-corrected chi connectivity index (χ3v) is 6.05. The molecule has 1 amide bonds. The minimum absolute atomic E-state index is 0.152. The number of hydrogen-bond donors (Lipinski definition) is 0. The van der Waals surface area contributed by atoms with Crippen LogP contribution in [0, 0.1) is 0 Å². The molecule has 1 fully saturated rings. The molecule has 0 atom stereocenters. The highest BCUT2D eigenvalue weighted by Crippen LogP contribution is 2.31. The van der Waals surface area contributed by atoms with Crippen LogP contribution in [0.1, 0.15) is 5.56 Å². The largest absolute Gasteiger partial charge is 0.497 e. The normalized spacial score (nSPS) is 14.6. The summed E-state index contributed by atoms with van der Waals surface area (Å²) in [6.45, 7) is 2.99. The summed E-state index contributed by atoms with van der Waals surface area (Å²) in [5.74, 6) is 0.931. The van der Waals surface area contributed by atoms with Crippen molar-refractivity contribution >= 4 is 44.2 Å². The van der Waals surface area contributed by atoms with Crippen LogP contribution in [-0.2, 0) is 11.2 Å². The van der Waals surface area contributed by atoms with E-state index in [1.165, 1.54) is 0 Å². The molecule has 27 heavy (non-hydrogen) atoms. The summed E-state index contributed by atoms with van der Waals surface area (Å²) in [5, 5.41) is 1.72. The van der Waals surface area contributed by atoms with Crippen LogP contribution >= 0.6 is 22.9 Å². The van der Waals surface area contributed by atoms with Gasteiger partial charge in [-0.3, -0.25) is 4.79 Å². The number of rotatable bonds is 4. The van der Waals surface area contributed by atoms with Crippen molar-refractivity contribution in [1.82, 2.24) is 9.88 Å². The molecule has 0 radical (unpaired) electrons. The van der Waals surface area contributed by atoms with Crippen LogP contribution in [0.5, 0.6) is 5.75 Å². The first-order chi connectivity index (χ1) is 13.1. The summed E-state index contributed by atoms with van der Waals surface area (Å²) < 4.78 is 6.32. The van der Waals surface area contributed by atoms with Crippen LogP contribution in [0.25, 0.3) is 10.2 Å². The average molecular weight is 402 g/mol. The van der Waals surface area contributed by atoms with E-state index >= 15 is 0 Å². The maximum absolute atomic E-state index is 12.6. The molecule has 1 aromatic heterocycles. The molecule has 4 rings (SSSR count). The quantitative estimate of drug-likeness (QED) is 0.666. The zero-order chi connectivity index (χ0) is 18.8. The highest BCUT2D eigenvalue weighted by atomic mass is 35.5. The fourth-order valence-electron chi connectivity index (χ4n) is 3.24. The molecule has 2 heterocycles. The third kappa shape index (κ3) is 4.01. The number of hydrogen-bond acceptors (Lipinski definition) is 5. The predicted molar refractivity (Wildman–Crippen MR) is 110 cm³/mol. The number of carbonyl (C=O) groups excluding carboxylic acids is 1. The molecular weight excluding hydrogens is 382 g/mol. The number of anilines is 1. The van der Waals surface area contributed by atoms with Gasteiger partial charge in [0.25, 0.3) is 0 Å². The lowest BCUT2D eigenvalue weighted by molar-refractivity contribution is -0.130. The van der Waals surface area contributed by atoms with E-state index < -0.39 is 0 Å². The fraction of sp³-hybridized carbons (Fsp3) is 0.300. The average Bonchev–Trinajstić information content (AvgIpc) is 3.11. The Bertz CT molecular complexity index is 967. The van der Waals surface area contributed by atoms with Crippen LogP contribution in [0.3, 0.4) is 0 Å². The molecule has 7 heteroatoms. The van der Waals surface area contributed by atoms with Gasteiger partial charge in [-0.15, -0.1) is 0 Å². The van der Waals surface area contributed by atoms with Crippen LogP contribution in [0.4, 0.5) is 5.13 Å². The predicted octanol–water partition coefficient (Wildman–Crippen LogP) is 3.85. The summed E-state index contributed by atoms with van der Waals surface area (Å²) in [5.41, 5.74) is 1.95. The van der Waals surface area contributed by atoms with E-state index in [4.69, 9.17) is 21.3 Å². The van der Waals surface area contributed by atoms with Crippen LogP contribution in [0.15, 0.2) is 42.5 Å². The van der Waals surface area contributed by atoms with Crippen molar-refractivity contribution in [1.29, 1.82) is 0 Å². The standard InChI is InChI=1S/C20H20ClN3O2S/c1-26-16-4-2-3-14(11-16)12-19(25)23-7-9-24(10-8-23)20-22-17-6-5-15(21)13-18(17)27-20/h2-6,11,13H,7-10,12H2,1H3. The van der Waals surface area contributed by atoms with Crippen LogP contribution < -0.4 is 9.64 Å². The van der Waals surface area contributed by atoms with E-state index in [1.807, 2.05) is 47.4 Å². The minimum atomic E-state index is 0.152. The molecule has 0 spiro atoms. The molecule has 140 valence electrons. The van der Waals surface area contributed by atoms with Gasteiger partial charge in [0.15, 0.2) is 5.13 Å². The minimum Gasteiger partial charge on any atom is -0.497 e. The highest BCUT2D eigenvalue weighted by molar-refractivity contribution is 7.22. The second-order valence-corrected chi connectivity index (χ2v) is 7.95. The van der Waals surface area contributed by atoms with Gasteiger partial charge in [0.1, 0.15) is 5.75 Å². The summed E-state index contributed by atoms with van der Waals surface area (Å²) in [4.78, 5) is 21.5. The maximum atomic E-state index is 12.6. The molecule has 5 nitrogen and oxygen atoms in total. The van der Waals surface area contributed by atoms with Gasteiger partial charge in [0, 0.05) is 31.2 Å². The van der Waals surface area contributed by atoms with Gasteiger partial charge in [0.2, 0.25) is 5.91 Å². The molecule has 1 aliphatic heterocycles. The second kappa shape index (κ2) is 7.74. The first-order valence-electron chi connectivity index (χ1n) is 8.84. The lowest BCUT2D eigenvalue weighted by atomic mass is 10.1. The zero-order valence-electron chi connectivity index (χ0n) is 15.0. The molecule has 0 unspecified atom stereocenters. The van der Waals surface area contributed by atoms with Gasteiger partial charge in [-0.25, -0.2) is 4.98 Å². The first-order valence-corrected chi connectivity index (χ1v) is 10.0. The van der Waals surface area contributed by atoms with Gasteiger partial charge < -0.3 is 14.5 Å². The lowest BCUT2D eigenvalue weighted by Crippen LogP contribution is -2.49. The van der Waals surface area contributed by atoms with Crippen molar-refractivity contribution in [2.24, 2.45) is 0 Å². The Kier molecular flexibility index (Phi) is 5.18. The Morgan fingerprint density at radius 2 is 2.00 bits per heavy atom. The first kappa shape index (κ1) is 18.1. The Hall–Kier alpha value is -2.31. The number of nitrogens with zero attached hydrogens (tertiary/aromatic N) is 3. The number of carbonyl (C=O) groups is 1. The van der Waals surface area contributed by atoms with Crippen molar-refractivity contribution in [3.63, 3.8) is 0 Å². The van der Waals surface area contributed by atoms with Crippen LogP contribution in [-0.4, -0.2) is 49.1 Å². The van der Waals surface area contributed by atoms with E-state index in [2.05, 4.69) is 4.90 Å². The third-order valence-electron chi connectivity index (χ3n) is 4.73. The van der Waals surface area contributed by atoms with E-state index in [1.54, 1.807) is 18.4 Å².